The highest BCUT2D eigenvalue weighted by molar-refractivity contribution is 6.02. The van der Waals surface area contributed by atoms with Crippen LogP contribution in [0, 0.1) is 0 Å². The lowest BCUT2D eigenvalue weighted by atomic mass is 9.98. The first kappa shape index (κ1) is 19.9. The number of carbonyl (C=O) groups excluding carboxylic acids is 1. The average Bonchev–Trinajstić information content (AvgIpc) is 3.65. The van der Waals surface area contributed by atoms with Gasteiger partial charge in [-0.3, -0.25) is 0 Å². The molecule has 8 bridgehead atoms. The van der Waals surface area contributed by atoms with E-state index in [0.29, 0.717) is 5.56 Å². The fourth-order valence-electron chi connectivity index (χ4n) is 4.28. The molecule has 2 N–H and O–H groups in total. The minimum Gasteiger partial charge on any atom is -0.465 e. The van der Waals surface area contributed by atoms with Gasteiger partial charge in [0, 0.05) is 33.2 Å². The van der Waals surface area contributed by atoms with Crippen molar-refractivity contribution >= 4 is 52.3 Å². The Labute approximate surface area is 195 Å². The minimum absolute atomic E-state index is 0.393. The molecule has 1 aromatic carbocycles. The maximum absolute atomic E-state index is 12.6. The number of ether oxygens (including phenoxy) is 1. The van der Waals surface area contributed by atoms with Gasteiger partial charge in [0.05, 0.1) is 35.4 Å². The number of carbonyl (C=O) groups is 1. The minimum atomic E-state index is -0.393. The van der Waals surface area contributed by atoms with Crippen molar-refractivity contribution in [2.24, 2.45) is 0 Å². The largest absolute Gasteiger partial charge is 0.465 e. The van der Waals surface area contributed by atoms with E-state index in [2.05, 4.69) is 9.97 Å². The van der Waals surface area contributed by atoms with Crippen LogP contribution in [0.15, 0.2) is 66.7 Å². The number of rotatable bonds is 2. The topological polar surface area (TPSA) is 83.7 Å². The normalized spacial score (nSPS) is 12.1. The van der Waals surface area contributed by atoms with Crippen molar-refractivity contribution in [3.8, 4) is 11.1 Å². The monoisotopic (exact) mass is 444 g/mol. The molecule has 5 heterocycles. The molecule has 6 heteroatoms. The molecule has 0 radical (unpaired) electrons. The average molecular weight is 444 g/mol. The SMILES string of the molecule is COC(=O)c1ccccc1-c1c2nc(cc3ccc(cc4nc(cc5ccc1[nH]5)C=C4)[nH]3)C=C2. The Morgan fingerprint density at radius 3 is 2.09 bits per heavy atom. The summed E-state index contributed by atoms with van der Waals surface area (Å²) in [6.45, 7) is 0. The zero-order chi connectivity index (χ0) is 23.1. The van der Waals surface area contributed by atoms with Crippen molar-refractivity contribution in [1.82, 2.24) is 19.9 Å². The smallest absolute Gasteiger partial charge is 0.338 e. The molecule has 0 unspecified atom stereocenters. The van der Waals surface area contributed by atoms with E-state index < -0.39 is 5.97 Å². The quantitative estimate of drug-likeness (QED) is 0.316. The molecule has 0 spiro atoms. The third kappa shape index (κ3) is 3.61. The summed E-state index contributed by atoms with van der Waals surface area (Å²) < 4.78 is 5.06. The van der Waals surface area contributed by atoms with Gasteiger partial charge in [-0.15, -0.1) is 0 Å². The first-order valence-corrected chi connectivity index (χ1v) is 10.9. The van der Waals surface area contributed by atoms with Crippen LogP contribution in [0.25, 0.3) is 57.5 Å². The summed E-state index contributed by atoms with van der Waals surface area (Å²) >= 11 is 0. The highest BCUT2D eigenvalue weighted by atomic mass is 16.5. The van der Waals surface area contributed by atoms with Crippen molar-refractivity contribution < 1.29 is 9.53 Å². The fourth-order valence-corrected chi connectivity index (χ4v) is 4.28. The Kier molecular flexibility index (Phi) is 4.70. The third-order valence-corrected chi connectivity index (χ3v) is 5.82. The second-order valence-corrected chi connectivity index (χ2v) is 8.09. The molecule has 0 atom stereocenters. The summed E-state index contributed by atoms with van der Waals surface area (Å²) in [5.74, 6) is -0.393. The number of benzene rings is 1. The van der Waals surface area contributed by atoms with Gasteiger partial charge in [0.1, 0.15) is 0 Å². The van der Waals surface area contributed by atoms with E-state index in [-0.39, 0.29) is 0 Å². The summed E-state index contributed by atoms with van der Waals surface area (Å²) in [6.07, 6.45) is 7.92. The Hall–Kier alpha value is -4.71. The molecule has 6 rings (SSSR count). The summed E-state index contributed by atoms with van der Waals surface area (Å²) in [5, 5.41) is 0. The molecule has 164 valence electrons. The molecule has 6 nitrogen and oxygen atoms in total. The summed E-state index contributed by atoms with van der Waals surface area (Å²) in [5.41, 5.74) is 9.03. The van der Waals surface area contributed by atoms with Gasteiger partial charge in [0.2, 0.25) is 0 Å². The molecule has 0 saturated carbocycles. The van der Waals surface area contributed by atoms with Crippen molar-refractivity contribution in [1.29, 1.82) is 0 Å². The second-order valence-electron chi connectivity index (χ2n) is 8.09. The number of aromatic nitrogens is 4. The number of hydrogen-bond acceptors (Lipinski definition) is 4. The molecule has 2 aliphatic rings. The summed E-state index contributed by atoms with van der Waals surface area (Å²) in [6, 6.07) is 21.5. The third-order valence-electron chi connectivity index (χ3n) is 5.82. The van der Waals surface area contributed by atoms with Crippen molar-refractivity contribution in [3.05, 3.63) is 95.1 Å². The van der Waals surface area contributed by atoms with Gasteiger partial charge in [-0.05, 0) is 72.8 Å². The number of hydrogen-bond donors (Lipinski definition) is 2. The van der Waals surface area contributed by atoms with Crippen molar-refractivity contribution in [2.45, 2.75) is 0 Å². The van der Waals surface area contributed by atoms with Gasteiger partial charge in [0.15, 0.2) is 0 Å². The van der Waals surface area contributed by atoms with Crippen LogP contribution in [0.1, 0.15) is 33.1 Å². The Morgan fingerprint density at radius 1 is 0.735 bits per heavy atom. The van der Waals surface area contributed by atoms with Gasteiger partial charge in [-0.25, -0.2) is 14.8 Å². The maximum Gasteiger partial charge on any atom is 0.338 e. The van der Waals surface area contributed by atoms with Crippen LogP contribution in [0.3, 0.4) is 0 Å². The van der Waals surface area contributed by atoms with Crippen molar-refractivity contribution in [3.63, 3.8) is 0 Å². The van der Waals surface area contributed by atoms with E-state index in [1.54, 1.807) is 6.07 Å². The lowest BCUT2D eigenvalue weighted by Crippen LogP contribution is -2.04. The van der Waals surface area contributed by atoms with Crippen LogP contribution in [0.5, 0.6) is 0 Å². The van der Waals surface area contributed by atoms with Crippen LogP contribution in [-0.4, -0.2) is 33.0 Å². The number of fused-ring (bicyclic) bond motifs is 8. The van der Waals surface area contributed by atoms with Gasteiger partial charge in [0.25, 0.3) is 0 Å². The van der Waals surface area contributed by atoms with Gasteiger partial charge in [-0.1, -0.05) is 18.2 Å². The molecule has 0 amide bonds. The van der Waals surface area contributed by atoms with Crippen LogP contribution in [0.2, 0.25) is 0 Å². The first-order chi connectivity index (χ1) is 16.7. The zero-order valence-electron chi connectivity index (χ0n) is 18.4. The highest BCUT2D eigenvalue weighted by Gasteiger charge is 2.18. The van der Waals surface area contributed by atoms with E-state index in [1.807, 2.05) is 85.0 Å². The van der Waals surface area contributed by atoms with Crippen molar-refractivity contribution in [2.75, 3.05) is 7.11 Å². The molecular formula is C28H20N4O2. The molecule has 0 saturated heterocycles. The number of aromatic amines is 2. The molecule has 34 heavy (non-hydrogen) atoms. The molecule has 3 aromatic heterocycles. The maximum atomic E-state index is 12.6. The van der Waals surface area contributed by atoms with Gasteiger partial charge < -0.3 is 14.7 Å². The van der Waals surface area contributed by atoms with E-state index in [9.17, 15) is 4.79 Å². The lowest BCUT2D eigenvalue weighted by Gasteiger charge is -2.09. The zero-order valence-corrected chi connectivity index (χ0v) is 18.4. The number of esters is 1. The Balaban J connectivity index is 1.72. The molecule has 4 aromatic rings. The van der Waals surface area contributed by atoms with Crippen LogP contribution in [-0.2, 0) is 4.74 Å². The number of nitrogens with one attached hydrogen (secondary N) is 2. The van der Waals surface area contributed by atoms with E-state index in [4.69, 9.17) is 14.7 Å². The van der Waals surface area contributed by atoms with Crippen LogP contribution in [0.4, 0.5) is 0 Å². The summed E-state index contributed by atoms with van der Waals surface area (Å²) in [4.78, 5) is 29.0. The fraction of sp³-hybridized carbons (Fsp3) is 0.0357. The molecule has 0 fully saturated rings. The standard InChI is InChI=1S/C28H20N4O2/c1-34-28(33)24-5-3-2-4-23(24)27-25-12-10-21(31-25)15-19-8-6-17(29-19)14-18-7-9-20(30-18)16-22-11-13-26(27)32-22/h2-16,29,32H,1H3. The Morgan fingerprint density at radius 2 is 1.35 bits per heavy atom. The Bertz CT molecular complexity index is 1670. The predicted molar refractivity (Wildman–Crippen MR) is 136 cm³/mol. The van der Waals surface area contributed by atoms with Gasteiger partial charge in [-0.2, -0.15) is 0 Å². The molecule has 2 aliphatic heterocycles. The van der Waals surface area contributed by atoms with Gasteiger partial charge >= 0.3 is 5.97 Å². The number of H-pyrrole nitrogens is 2. The predicted octanol–water partition coefficient (Wildman–Crippen LogP) is 6.11. The van der Waals surface area contributed by atoms with E-state index in [1.165, 1.54) is 7.11 Å². The second kappa shape index (κ2) is 8.01. The van der Waals surface area contributed by atoms with Crippen LogP contribution >= 0.6 is 0 Å². The lowest BCUT2D eigenvalue weighted by molar-refractivity contribution is 0.0601. The number of methoxy groups -OCH3 is 1. The number of nitrogens with zero attached hydrogens (tertiary/aromatic N) is 2. The molecular weight excluding hydrogens is 424 g/mol. The van der Waals surface area contributed by atoms with E-state index in [0.717, 1.165) is 56.0 Å². The highest BCUT2D eigenvalue weighted by Crippen LogP contribution is 2.32. The summed E-state index contributed by atoms with van der Waals surface area (Å²) in [7, 11) is 1.39. The molecule has 0 aliphatic carbocycles. The van der Waals surface area contributed by atoms with Crippen LogP contribution < -0.4 is 0 Å². The van der Waals surface area contributed by atoms with E-state index >= 15 is 0 Å². The first-order valence-electron chi connectivity index (χ1n) is 10.9.